The molecule has 2 aromatic rings. The number of hydrogen-bond donors (Lipinski definition) is 0. The predicted octanol–water partition coefficient (Wildman–Crippen LogP) is 2.82. The van der Waals surface area contributed by atoms with Crippen molar-refractivity contribution in [3.8, 4) is 17.2 Å². The van der Waals surface area contributed by atoms with Gasteiger partial charge in [-0.05, 0) is 36.8 Å². The summed E-state index contributed by atoms with van der Waals surface area (Å²) < 4.78 is 17.6. The maximum atomic E-state index is 12.1. The Balaban J connectivity index is 2.26. The summed E-state index contributed by atoms with van der Waals surface area (Å²) >= 11 is 0. The largest absolute Gasteiger partial charge is 0.493 e. The summed E-state index contributed by atoms with van der Waals surface area (Å²) in [7, 11) is 4.64. The summed E-state index contributed by atoms with van der Waals surface area (Å²) in [5.74, 6) is 1.43. The maximum Gasteiger partial charge on any atom is 0.206 e. The van der Waals surface area contributed by atoms with E-state index in [9.17, 15) is 4.79 Å². The molecule has 0 aliphatic rings. The van der Waals surface area contributed by atoms with E-state index in [1.165, 1.54) is 6.08 Å². The van der Waals surface area contributed by atoms with Crippen LogP contribution in [0, 0.1) is 0 Å². The van der Waals surface area contributed by atoms with Gasteiger partial charge in [-0.2, -0.15) is 5.10 Å². The number of ketones is 1. The van der Waals surface area contributed by atoms with Gasteiger partial charge in [0.2, 0.25) is 11.5 Å². The molecule has 122 valence electrons. The average molecular weight is 316 g/mol. The zero-order valence-corrected chi connectivity index (χ0v) is 13.7. The van der Waals surface area contributed by atoms with Gasteiger partial charge >= 0.3 is 0 Å². The summed E-state index contributed by atoms with van der Waals surface area (Å²) in [5, 5.41) is 4.18. The molecule has 0 aliphatic heterocycles. The molecule has 6 heteroatoms. The number of benzene rings is 1. The molecule has 0 saturated heterocycles. The van der Waals surface area contributed by atoms with Crippen LogP contribution in [0.15, 0.2) is 30.5 Å². The Bertz CT molecular complexity index is 694. The van der Waals surface area contributed by atoms with Gasteiger partial charge in [0.15, 0.2) is 11.5 Å². The predicted molar refractivity (Wildman–Crippen MR) is 87.4 cm³/mol. The Morgan fingerprint density at radius 1 is 1.17 bits per heavy atom. The van der Waals surface area contributed by atoms with Gasteiger partial charge in [-0.1, -0.05) is 6.08 Å². The minimum absolute atomic E-state index is 0.161. The highest BCUT2D eigenvalue weighted by atomic mass is 16.5. The molecule has 1 aromatic heterocycles. The van der Waals surface area contributed by atoms with Crippen molar-refractivity contribution in [2.45, 2.75) is 13.5 Å². The SMILES string of the molecule is CCn1ccc(C(=O)/C=C/c2cc(OC)c(OC)c(OC)c2)n1. The molecule has 0 N–H and O–H groups in total. The van der Waals surface area contributed by atoms with Gasteiger partial charge in [-0.3, -0.25) is 9.48 Å². The van der Waals surface area contributed by atoms with Crippen molar-refractivity contribution in [1.29, 1.82) is 0 Å². The first-order valence-electron chi connectivity index (χ1n) is 7.18. The van der Waals surface area contributed by atoms with Crippen LogP contribution >= 0.6 is 0 Å². The highest BCUT2D eigenvalue weighted by Crippen LogP contribution is 2.38. The van der Waals surface area contributed by atoms with Crippen molar-refractivity contribution >= 4 is 11.9 Å². The van der Waals surface area contributed by atoms with Crippen LogP contribution in [0.4, 0.5) is 0 Å². The zero-order chi connectivity index (χ0) is 16.8. The third-order valence-corrected chi connectivity index (χ3v) is 3.33. The Labute approximate surface area is 135 Å². The topological polar surface area (TPSA) is 62.6 Å². The van der Waals surface area contributed by atoms with Crippen molar-refractivity contribution in [3.63, 3.8) is 0 Å². The molecule has 1 heterocycles. The summed E-state index contributed by atoms with van der Waals surface area (Å²) in [6.07, 6.45) is 4.95. The highest BCUT2D eigenvalue weighted by Gasteiger charge is 2.12. The number of ether oxygens (including phenoxy) is 3. The van der Waals surface area contributed by atoms with E-state index >= 15 is 0 Å². The smallest absolute Gasteiger partial charge is 0.206 e. The second kappa shape index (κ2) is 7.49. The lowest BCUT2D eigenvalue weighted by Crippen LogP contribution is -2.00. The van der Waals surface area contributed by atoms with Gasteiger partial charge in [0.25, 0.3) is 0 Å². The van der Waals surface area contributed by atoms with Crippen LogP contribution in [-0.2, 0) is 6.54 Å². The van der Waals surface area contributed by atoms with Crippen molar-refractivity contribution in [2.75, 3.05) is 21.3 Å². The van der Waals surface area contributed by atoms with Crippen molar-refractivity contribution in [1.82, 2.24) is 9.78 Å². The van der Waals surface area contributed by atoms with Crippen LogP contribution in [0.3, 0.4) is 0 Å². The van der Waals surface area contributed by atoms with E-state index in [2.05, 4.69) is 5.10 Å². The molecule has 0 spiro atoms. The van der Waals surface area contributed by atoms with Crippen molar-refractivity contribution in [3.05, 3.63) is 41.7 Å². The van der Waals surface area contributed by atoms with E-state index in [-0.39, 0.29) is 5.78 Å². The Hall–Kier alpha value is -2.76. The molecular weight excluding hydrogens is 296 g/mol. The monoisotopic (exact) mass is 316 g/mol. The number of carbonyl (C=O) groups is 1. The van der Waals surface area contributed by atoms with Crippen molar-refractivity contribution in [2.24, 2.45) is 0 Å². The van der Waals surface area contributed by atoms with E-state index in [4.69, 9.17) is 14.2 Å². The van der Waals surface area contributed by atoms with Crippen LogP contribution in [-0.4, -0.2) is 36.9 Å². The van der Waals surface area contributed by atoms with E-state index in [0.29, 0.717) is 22.9 Å². The molecule has 1 aromatic carbocycles. The molecule has 0 bridgehead atoms. The third kappa shape index (κ3) is 3.71. The van der Waals surface area contributed by atoms with Gasteiger partial charge in [0, 0.05) is 12.7 Å². The minimum Gasteiger partial charge on any atom is -0.493 e. The molecule has 0 aliphatic carbocycles. The van der Waals surface area contributed by atoms with E-state index in [1.807, 2.05) is 6.92 Å². The number of methoxy groups -OCH3 is 3. The molecule has 0 radical (unpaired) electrons. The number of allylic oxidation sites excluding steroid dienone is 1. The molecule has 0 amide bonds. The molecular formula is C17H20N2O4. The maximum absolute atomic E-state index is 12.1. The molecule has 0 saturated carbocycles. The fourth-order valence-corrected chi connectivity index (χ4v) is 2.12. The molecule has 2 rings (SSSR count). The first-order chi connectivity index (χ1) is 11.1. The highest BCUT2D eigenvalue weighted by molar-refractivity contribution is 6.05. The van der Waals surface area contributed by atoms with Crippen LogP contribution in [0.2, 0.25) is 0 Å². The van der Waals surface area contributed by atoms with E-state index in [0.717, 1.165) is 12.1 Å². The molecule has 0 unspecified atom stereocenters. The molecule has 0 fully saturated rings. The number of hydrogen-bond acceptors (Lipinski definition) is 5. The summed E-state index contributed by atoms with van der Waals surface area (Å²) in [4.78, 5) is 12.1. The van der Waals surface area contributed by atoms with Crippen LogP contribution in [0.25, 0.3) is 6.08 Å². The van der Waals surface area contributed by atoms with Gasteiger partial charge in [0.1, 0.15) is 5.69 Å². The lowest BCUT2D eigenvalue weighted by atomic mass is 10.1. The van der Waals surface area contributed by atoms with Gasteiger partial charge in [0.05, 0.1) is 21.3 Å². The van der Waals surface area contributed by atoms with Crippen molar-refractivity contribution < 1.29 is 19.0 Å². The number of rotatable bonds is 7. The second-order valence-corrected chi connectivity index (χ2v) is 4.71. The number of nitrogens with zero attached hydrogens (tertiary/aromatic N) is 2. The average Bonchev–Trinajstić information content (AvgIpc) is 3.07. The molecule has 6 nitrogen and oxygen atoms in total. The number of carbonyl (C=O) groups excluding carboxylic acids is 1. The Kier molecular flexibility index (Phi) is 5.41. The molecule has 23 heavy (non-hydrogen) atoms. The van der Waals surface area contributed by atoms with Gasteiger partial charge < -0.3 is 14.2 Å². The summed E-state index contributed by atoms with van der Waals surface area (Å²) in [6.45, 7) is 2.69. The zero-order valence-electron chi connectivity index (χ0n) is 13.7. The normalized spacial score (nSPS) is 10.8. The van der Waals surface area contributed by atoms with Gasteiger partial charge in [-0.15, -0.1) is 0 Å². The van der Waals surface area contributed by atoms with Gasteiger partial charge in [-0.25, -0.2) is 0 Å². The fraction of sp³-hybridized carbons (Fsp3) is 0.294. The number of aromatic nitrogens is 2. The van der Waals surface area contributed by atoms with Crippen LogP contribution in [0.5, 0.6) is 17.2 Å². The lowest BCUT2D eigenvalue weighted by Gasteiger charge is -2.12. The first-order valence-corrected chi connectivity index (χ1v) is 7.18. The Morgan fingerprint density at radius 3 is 2.30 bits per heavy atom. The summed E-state index contributed by atoms with van der Waals surface area (Å²) in [5.41, 5.74) is 1.18. The molecule has 0 atom stereocenters. The first kappa shape index (κ1) is 16.6. The summed E-state index contributed by atoms with van der Waals surface area (Å²) in [6, 6.07) is 5.25. The third-order valence-electron chi connectivity index (χ3n) is 3.33. The Morgan fingerprint density at radius 2 is 1.83 bits per heavy atom. The van der Waals surface area contributed by atoms with E-state index < -0.39 is 0 Å². The standard InChI is InChI=1S/C17H20N2O4/c1-5-19-9-8-13(18-19)14(20)7-6-12-10-15(21-2)17(23-4)16(11-12)22-3/h6-11H,5H2,1-4H3/b7-6+. The second-order valence-electron chi connectivity index (χ2n) is 4.71. The fourth-order valence-electron chi connectivity index (χ4n) is 2.12. The number of aryl methyl sites for hydroxylation is 1. The van der Waals surface area contributed by atoms with E-state index in [1.54, 1.807) is 56.5 Å². The quantitative estimate of drug-likeness (QED) is 0.580. The van der Waals surface area contributed by atoms with Crippen LogP contribution in [0.1, 0.15) is 23.0 Å². The van der Waals surface area contributed by atoms with Crippen LogP contribution < -0.4 is 14.2 Å². The minimum atomic E-state index is -0.161. The lowest BCUT2D eigenvalue weighted by molar-refractivity contribution is 0.104.